The molecule has 120 valence electrons. The zero-order chi connectivity index (χ0) is 15.5. The van der Waals surface area contributed by atoms with Crippen LogP contribution in [0.3, 0.4) is 0 Å². The maximum Gasteiger partial charge on any atom is 0.243 e. The molecule has 0 radical (unpaired) electrons. The van der Waals surface area contributed by atoms with Crippen molar-refractivity contribution in [3.63, 3.8) is 0 Å². The Morgan fingerprint density at radius 1 is 1.50 bits per heavy atom. The molecule has 3 rings (SSSR count). The summed E-state index contributed by atoms with van der Waals surface area (Å²) in [6.45, 7) is 8.47. The minimum Gasteiger partial charge on any atom is -0.373 e. The van der Waals surface area contributed by atoms with Gasteiger partial charge in [-0.15, -0.1) is 0 Å². The lowest BCUT2D eigenvalue weighted by molar-refractivity contribution is 0.0895. The van der Waals surface area contributed by atoms with Crippen LogP contribution < -0.4 is 5.32 Å². The Bertz CT molecular complexity index is 609. The van der Waals surface area contributed by atoms with Crippen molar-refractivity contribution >= 4 is 0 Å². The number of nitrogens with one attached hydrogen (secondary N) is 1. The van der Waals surface area contributed by atoms with E-state index in [1.165, 1.54) is 0 Å². The standard InChI is InChI=1S/C15H23N5O2/c1-4-20-9-13(8-17-20)14-12(5-6-21-14)7-16-10(2)15-18-11(3)19-22-15/h8-10,12,14,16H,4-7H2,1-3H3/t10-,12-,14-/m1/s1. The molecule has 0 aromatic carbocycles. The highest BCUT2D eigenvalue weighted by atomic mass is 16.5. The molecular weight excluding hydrogens is 282 g/mol. The van der Waals surface area contributed by atoms with Crippen molar-refractivity contribution in [2.75, 3.05) is 13.2 Å². The van der Waals surface area contributed by atoms with Crippen molar-refractivity contribution in [2.45, 2.75) is 45.9 Å². The smallest absolute Gasteiger partial charge is 0.243 e. The third-order valence-corrected chi connectivity index (χ3v) is 4.12. The summed E-state index contributed by atoms with van der Waals surface area (Å²) in [5.74, 6) is 1.73. The highest BCUT2D eigenvalue weighted by molar-refractivity contribution is 5.11. The normalized spacial score (nSPS) is 23.0. The van der Waals surface area contributed by atoms with E-state index in [9.17, 15) is 0 Å². The van der Waals surface area contributed by atoms with Crippen LogP contribution in [0.4, 0.5) is 0 Å². The van der Waals surface area contributed by atoms with Gasteiger partial charge in [0.15, 0.2) is 5.82 Å². The summed E-state index contributed by atoms with van der Waals surface area (Å²) in [7, 11) is 0. The molecule has 0 aliphatic carbocycles. The number of rotatable bonds is 6. The van der Waals surface area contributed by atoms with Gasteiger partial charge in [-0.3, -0.25) is 4.68 Å². The third-order valence-electron chi connectivity index (χ3n) is 4.12. The van der Waals surface area contributed by atoms with Crippen LogP contribution in [0.5, 0.6) is 0 Å². The first-order valence-electron chi connectivity index (χ1n) is 7.85. The lowest BCUT2D eigenvalue weighted by Crippen LogP contribution is -2.27. The van der Waals surface area contributed by atoms with Gasteiger partial charge in [0.25, 0.3) is 0 Å². The SMILES string of the molecule is CCn1cc([C@@H]2OCC[C@@H]2CN[C@H](C)c2nc(C)no2)cn1. The molecule has 0 amide bonds. The number of aryl methyl sites for hydroxylation is 2. The van der Waals surface area contributed by atoms with Crippen LogP contribution in [0.2, 0.25) is 0 Å². The second kappa shape index (κ2) is 6.58. The lowest BCUT2D eigenvalue weighted by atomic mass is 9.97. The van der Waals surface area contributed by atoms with Gasteiger partial charge in [0.1, 0.15) is 0 Å². The minimum absolute atomic E-state index is 0.0424. The van der Waals surface area contributed by atoms with Gasteiger partial charge in [0.2, 0.25) is 5.89 Å². The van der Waals surface area contributed by atoms with E-state index in [1.54, 1.807) is 0 Å². The highest BCUT2D eigenvalue weighted by Crippen LogP contribution is 2.34. The Hall–Kier alpha value is -1.73. The predicted octanol–water partition coefficient (Wildman–Crippen LogP) is 2.02. The topological polar surface area (TPSA) is 78.0 Å². The molecule has 3 atom stereocenters. The molecule has 1 aliphatic heterocycles. The van der Waals surface area contributed by atoms with Gasteiger partial charge in [-0.25, -0.2) is 0 Å². The summed E-state index contributed by atoms with van der Waals surface area (Å²) in [6, 6.07) is 0.0424. The van der Waals surface area contributed by atoms with Crippen molar-refractivity contribution < 1.29 is 9.26 Å². The largest absolute Gasteiger partial charge is 0.373 e. The minimum atomic E-state index is 0.0424. The summed E-state index contributed by atoms with van der Waals surface area (Å²) >= 11 is 0. The molecule has 1 aliphatic rings. The van der Waals surface area contributed by atoms with Crippen molar-refractivity contribution in [1.82, 2.24) is 25.2 Å². The van der Waals surface area contributed by atoms with Crippen molar-refractivity contribution in [1.29, 1.82) is 0 Å². The number of aromatic nitrogens is 4. The molecule has 0 unspecified atom stereocenters. The quantitative estimate of drug-likeness (QED) is 0.879. The summed E-state index contributed by atoms with van der Waals surface area (Å²) in [4.78, 5) is 4.26. The molecule has 2 aromatic rings. The fourth-order valence-corrected chi connectivity index (χ4v) is 2.82. The van der Waals surface area contributed by atoms with Gasteiger partial charge >= 0.3 is 0 Å². The maximum atomic E-state index is 5.91. The Balaban J connectivity index is 1.59. The number of ether oxygens (including phenoxy) is 1. The summed E-state index contributed by atoms with van der Waals surface area (Å²) < 4.78 is 13.0. The van der Waals surface area contributed by atoms with Crippen molar-refractivity contribution in [3.05, 3.63) is 29.7 Å². The Morgan fingerprint density at radius 3 is 3.05 bits per heavy atom. The second-order valence-corrected chi connectivity index (χ2v) is 5.78. The molecule has 7 nitrogen and oxygen atoms in total. The van der Waals surface area contributed by atoms with Gasteiger partial charge in [-0.1, -0.05) is 5.16 Å². The predicted molar refractivity (Wildman–Crippen MR) is 80.2 cm³/mol. The van der Waals surface area contributed by atoms with E-state index in [0.29, 0.717) is 17.6 Å². The van der Waals surface area contributed by atoms with Gasteiger partial charge in [-0.2, -0.15) is 10.1 Å². The van der Waals surface area contributed by atoms with Crippen LogP contribution in [-0.4, -0.2) is 33.1 Å². The number of hydrogen-bond donors (Lipinski definition) is 1. The average molecular weight is 305 g/mol. The fourth-order valence-electron chi connectivity index (χ4n) is 2.82. The molecule has 3 heterocycles. The Morgan fingerprint density at radius 2 is 2.36 bits per heavy atom. The zero-order valence-electron chi connectivity index (χ0n) is 13.3. The third kappa shape index (κ3) is 3.20. The van der Waals surface area contributed by atoms with E-state index in [-0.39, 0.29) is 12.1 Å². The molecule has 0 saturated carbocycles. The van der Waals surface area contributed by atoms with Gasteiger partial charge < -0.3 is 14.6 Å². The first-order valence-corrected chi connectivity index (χ1v) is 7.85. The molecular formula is C15H23N5O2. The van der Waals surface area contributed by atoms with Gasteiger partial charge in [0, 0.05) is 37.4 Å². The molecule has 1 saturated heterocycles. The van der Waals surface area contributed by atoms with Crippen LogP contribution in [0.25, 0.3) is 0 Å². The van der Waals surface area contributed by atoms with Crippen LogP contribution in [-0.2, 0) is 11.3 Å². The summed E-state index contributed by atoms with van der Waals surface area (Å²) in [6.07, 6.45) is 5.15. The molecule has 22 heavy (non-hydrogen) atoms. The van der Waals surface area contributed by atoms with Crippen LogP contribution in [0.15, 0.2) is 16.9 Å². The van der Waals surface area contributed by atoms with E-state index in [0.717, 1.165) is 31.7 Å². The van der Waals surface area contributed by atoms with E-state index >= 15 is 0 Å². The van der Waals surface area contributed by atoms with E-state index in [1.807, 2.05) is 24.7 Å². The van der Waals surface area contributed by atoms with Gasteiger partial charge in [-0.05, 0) is 27.2 Å². The van der Waals surface area contributed by atoms with Crippen LogP contribution >= 0.6 is 0 Å². The first kappa shape index (κ1) is 15.2. The second-order valence-electron chi connectivity index (χ2n) is 5.78. The number of nitrogens with zero attached hydrogens (tertiary/aromatic N) is 4. The fraction of sp³-hybridized carbons (Fsp3) is 0.667. The van der Waals surface area contributed by atoms with Gasteiger partial charge in [0.05, 0.1) is 18.3 Å². The van der Waals surface area contributed by atoms with Crippen LogP contribution in [0, 0.1) is 12.8 Å². The molecule has 1 N–H and O–H groups in total. The van der Waals surface area contributed by atoms with E-state index in [4.69, 9.17) is 9.26 Å². The average Bonchev–Trinajstić information content (AvgIpc) is 3.24. The monoisotopic (exact) mass is 305 g/mol. The molecule has 7 heteroatoms. The zero-order valence-corrected chi connectivity index (χ0v) is 13.3. The number of hydrogen-bond acceptors (Lipinski definition) is 6. The van der Waals surface area contributed by atoms with Crippen molar-refractivity contribution in [2.24, 2.45) is 5.92 Å². The molecule has 1 fully saturated rings. The van der Waals surface area contributed by atoms with Crippen LogP contribution in [0.1, 0.15) is 49.7 Å². The first-order chi connectivity index (χ1) is 10.7. The van der Waals surface area contributed by atoms with Crippen molar-refractivity contribution in [3.8, 4) is 0 Å². The lowest BCUT2D eigenvalue weighted by Gasteiger charge is -2.19. The summed E-state index contributed by atoms with van der Waals surface area (Å²) in [5, 5.41) is 11.6. The Labute approximate surface area is 130 Å². The highest BCUT2D eigenvalue weighted by Gasteiger charge is 2.31. The Kier molecular flexibility index (Phi) is 4.54. The molecule has 2 aromatic heterocycles. The van der Waals surface area contributed by atoms with E-state index < -0.39 is 0 Å². The summed E-state index contributed by atoms with van der Waals surface area (Å²) in [5.41, 5.74) is 1.16. The maximum absolute atomic E-state index is 5.91. The van der Waals surface area contributed by atoms with E-state index in [2.05, 4.69) is 33.7 Å². The molecule has 0 bridgehead atoms. The molecule has 0 spiro atoms.